The third-order valence-corrected chi connectivity index (χ3v) is 2.65. The van der Waals surface area contributed by atoms with E-state index in [1.165, 1.54) is 0 Å². The van der Waals surface area contributed by atoms with Crippen LogP contribution in [0.3, 0.4) is 0 Å². The number of nitrogens with one attached hydrogen (secondary N) is 1. The number of nitrogens with zero attached hydrogens (tertiary/aromatic N) is 4. The first-order chi connectivity index (χ1) is 8.36. The maximum atomic E-state index is 4.21. The number of hydrogen-bond acceptors (Lipinski definition) is 3. The fourth-order valence-corrected chi connectivity index (χ4v) is 1.78. The topological polar surface area (TPSA) is 59.4 Å². The van der Waals surface area contributed by atoms with Crippen molar-refractivity contribution >= 4 is 0 Å². The van der Waals surface area contributed by atoms with Gasteiger partial charge in [0.1, 0.15) is 5.69 Å². The molecular weight excluding hydrogens is 214 g/mol. The quantitative estimate of drug-likeness (QED) is 0.724. The molecule has 84 valence electrons. The van der Waals surface area contributed by atoms with E-state index in [0.29, 0.717) is 0 Å². The van der Waals surface area contributed by atoms with Gasteiger partial charge in [-0.05, 0) is 6.07 Å². The van der Waals surface area contributed by atoms with Gasteiger partial charge in [0.05, 0.1) is 0 Å². The Balaban J connectivity index is 2.10. The highest BCUT2D eigenvalue weighted by Gasteiger charge is 2.12. The van der Waals surface area contributed by atoms with Gasteiger partial charge in [-0.25, -0.2) is 0 Å². The van der Waals surface area contributed by atoms with Gasteiger partial charge in [-0.1, -0.05) is 30.3 Å². The van der Waals surface area contributed by atoms with Crippen LogP contribution in [-0.4, -0.2) is 25.0 Å². The lowest BCUT2D eigenvalue weighted by atomic mass is 10.2. The molecule has 0 fully saturated rings. The highest BCUT2D eigenvalue weighted by atomic mass is 15.3. The van der Waals surface area contributed by atoms with Gasteiger partial charge in [0.2, 0.25) is 0 Å². The Kier molecular flexibility index (Phi) is 2.22. The van der Waals surface area contributed by atoms with Crippen molar-refractivity contribution in [2.75, 3.05) is 0 Å². The van der Waals surface area contributed by atoms with Crippen LogP contribution in [0.5, 0.6) is 0 Å². The first kappa shape index (κ1) is 9.77. The predicted octanol–water partition coefficient (Wildman–Crippen LogP) is 1.87. The summed E-state index contributed by atoms with van der Waals surface area (Å²) in [6.45, 7) is 0. The van der Waals surface area contributed by atoms with E-state index < -0.39 is 0 Å². The van der Waals surface area contributed by atoms with E-state index in [-0.39, 0.29) is 0 Å². The van der Waals surface area contributed by atoms with Crippen molar-refractivity contribution in [2.45, 2.75) is 0 Å². The van der Waals surface area contributed by atoms with Gasteiger partial charge in [-0.2, -0.15) is 5.10 Å². The Hall–Kier alpha value is -2.43. The van der Waals surface area contributed by atoms with Crippen molar-refractivity contribution in [1.82, 2.24) is 25.0 Å². The Morgan fingerprint density at radius 1 is 1.00 bits per heavy atom. The molecule has 0 aliphatic heterocycles. The third-order valence-electron chi connectivity index (χ3n) is 2.65. The summed E-state index contributed by atoms with van der Waals surface area (Å²) in [6, 6.07) is 11.9. The van der Waals surface area contributed by atoms with Crippen molar-refractivity contribution in [3.8, 4) is 22.9 Å². The van der Waals surface area contributed by atoms with Gasteiger partial charge >= 0.3 is 0 Å². The highest BCUT2D eigenvalue weighted by Crippen LogP contribution is 2.21. The van der Waals surface area contributed by atoms with Gasteiger partial charge in [0.25, 0.3) is 0 Å². The lowest BCUT2D eigenvalue weighted by Crippen LogP contribution is -1.95. The van der Waals surface area contributed by atoms with Crippen LogP contribution in [0.15, 0.2) is 42.6 Å². The van der Waals surface area contributed by atoms with Crippen molar-refractivity contribution in [1.29, 1.82) is 0 Å². The number of aromatic amines is 1. The van der Waals surface area contributed by atoms with E-state index in [9.17, 15) is 0 Å². The number of benzene rings is 1. The molecule has 5 heteroatoms. The average molecular weight is 225 g/mol. The monoisotopic (exact) mass is 225 g/mol. The summed E-state index contributed by atoms with van der Waals surface area (Å²) in [5, 5.41) is 15.2. The summed E-state index contributed by atoms with van der Waals surface area (Å²) < 4.78 is 1.95. The number of rotatable bonds is 2. The van der Waals surface area contributed by atoms with E-state index in [4.69, 9.17) is 0 Å². The van der Waals surface area contributed by atoms with E-state index in [0.717, 1.165) is 22.9 Å². The minimum absolute atomic E-state index is 0.779. The number of hydrogen-bond donors (Lipinski definition) is 1. The summed E-state index contributed by atoms with van der Waals surface area (Å²) in [7, 11) is 1.94. The van der Waals surface area contributed by atoms with E-state index >= 15 is 0 Å². The number of aromatic nitrogens is 5. The summed E-state index contributed by atoms with van der Waals surface area (Å²) in [5.41, 5.74) is 1.91. The van der Waals surface area contributed by atoms with Crippen molar-refractivity contribution in [3.05, 3.63) is 42.6 Å². The molecule has 1 N–H and O–H groups in total. The van der Waals surface area contributed by atoms with Crippen LogP contribution in [0, 0.1) is 0 Å². The molecule has 0 saturated carbocycles. The second-order valence-corrected chi connectivity index (χ2v) is 3.74. The summed E-state index contributed by atoms with van der Waals surface area (Å²) in [4.78, 5) is 0. The molecule has 5 nitrogen and oxygen atoms in total. The van der Waals surface area contributed by atoms with Crippen molar-refractivity contribution in [3.63, 3.8) is 0 Å². The minimum atomic E-state index is 0.779. The standard InChI is InChI=1S/C12H11N5/c1-17-11(9-5-3-2-4-6-9)15-16-12(17)10-7-8-13-14-10/h2-8H,1H3,(H,13,14). The Morgan fingerprint density at radius 3 is 2.47 bits per heavy atom. The molecule has 0 unspecified atom stereocenters. The van der Waals surface area contributed by atoms with Crippen LogP contribution in [0.1, 0.15) is 0 Å². The van der Waals surface area contributed by atoms with Crippen molar-refractivity contribution < 1.29 is 0 Å². The van der Waals surface area contributed by atoms with Gasteiger partial charge < -0.3 is 4.57 Å². The maximum Gasteiger partial charge on any atom is 0.182 e. The molecule has 1 aromatic carbocycles. The zero-order chi connectivity index (χ0) is 11.7. The molecule has 0 atom stereocenters. The van der Waals surface area contributed by atoms with Gasteiger partial charge in [0, 0.05) is 18.8 Å². The second kappa shape index (κ2) is 3.86. The molecule has 0 aliphatic carbocycles. The first-order valence-corrected chi connectivity index (χ1v) is 5.31. The van der Waals surface area contributed by atoms with Crippen LogP contribution in [0.4, 0.5) is 0 Å². The molecule has 2 aromatic heterocycles. The van der Waals surface area contributed by atoms with Crippen molar-refractivity contribution in [2.24, 2.45) is 7.05 Å². The third kappa shape index (κ3) is 1.61. The largest absolute Gasteiger partial charge is 0.309 e. The summed E-state index contributed by atoms with van der Waals surface area (Å²) in [6.07, 6.45) is 1.70. The fraction of sp³-hybridized carbons (Fsp3) is 0.0833. The summed E-state index contributed by atoms with van der Waals surface area (Å²) in [5.74, 6) is 1.62. The Labute approximate surface area is 98.1 Å². The zero-order valence-electron chi connectivity index (χ0n) is 9.33. The molecule has 0 spiro atoms. The average Bonchev–Trinajstić information content (AvgIpc) is 2.99. The molecule has 3 aromatic rings. The lowest BCUT2D eigenvalue weighted by molar-refractivity contribution is 0.919. The van der Waals surface area contributed by atoms with Gasteiger partial charge in [0.15, 0.2) is 11.6 Å². The van der Waals surface area contributed by atoms with Gasteiger partial charge in [-0.3, -0.25) is 5.10 Å². The lowest BCUT2D eigenvalue weighted by Gasteiger charge is -2.01. The van der Waals surface area contributed by atoms with Crippen LogP contribution in [-0.2, 0) is 7.05 Å². The molecule has 17 heavy (non-hydrogen) atoms. The summed E-state index contributed by atoms with van der Waals surface area (Å²) >= 11 is 0. The van der Waals surface area contributed by atoms with Crippen LogP contribution < -0.4 is 0 Å². The molecule has 0 amide bonds. The van der Waals surface area contributed by atoms with Crippen LogP contribution >= 0.6 is 0 Å². The van der Waals surface area contributed by atoms with E-state index in [1.54, 1.807) is 6.20 Å². The Morgan fingerprint density at radius 2 is 1.76 bits per heavy atom. The molecule has 3 rings (SSSR count). The Bertz CT molecular complexity index is 610. The maximum absolute atomic E-state index is 4.21. The normalized spacial score (nSPS) is 10.6. The molecule has 0 bridgehead atoms. The highest BCUT2D eigenvalue weighted by molar-refractivity contribution is 5.59. The number of H-pyrrole nitrogens is 1. The second-order valence-electron chi connectivity index (χ2n) is 3.74. The van der Waals surface area contributed by atoms with E-state index in [1.807, 2.05) is 48.0 Å². The van der Waals surface area contributed by atoms with E-state index in [2.05, 4.69) is 20.4 Å². The molecular formula is C12H11N5. The molecule has 0 radical (unpaired) electrons. The molecule has 2 heterocycles. The smallest absolute Gasteiger partial charge is 0.182 e. The van der Waals surface area contributed by atoms with Crippen LogP contribution in [0.2, 0.25) is 0 Å². The molecule has 0 saturated heterocycles. The predicted molar refractivity (Wildman–Crippen MR) is 64.0 cm³/mol. The zero-order valence-corrected chi connectivity index (χ0v) is 9.33. The minimum Gasteiger partial charge on any atom is -0.309 e. The first-order valence-electron chi connectivity index (χ1n) is 5.31. The fourth-order valence-electron chi connectivity index (χ4n) is 1.78. The van der Waals surface area contributed by atoms with Gasteiger partial charge in [-0.15, -0.1) is 10.2 Å². The molecule has 0 aliphatic rings. The van der Waals surface area contributed by atoms with Crippen LogP contribution in [0.25, 0.3) is 22.9 Å². The SMILES string of the molecule is Cn1c(-c2ccccc2)nnc1-c1ccn[nH]1.